The SMILES string of the molecule is CNc1cc(NC(C)c2nncn2C)cc([N+](=O)[O-])c1. The van der Waals surface area contributed by atoms with Crippen LogP contribution in [0.3, 0.4) is 0 Å². The third-order valence-corrected chi connectivity index (χ3v) is 2.93. The van der Waals surface area contributed by atoms with E-state index in [1.165, 1.54) is 12.1 Å². The van der Waals surface area contributed by atoms with E-state index in [4.69, 9.17) is 0 Å². The zero-order valence-corrected chi connectivity index (χ0v) is 11.5. The Kier molecular flexibility index (Phi) is 3.83. The fourth-order valence-electron chi connectivity index (χ4n) is 1.94. The van der Waals surface area contributed by atoms with E-state index in [-0.39, 0.29) is 11.7 Å². The van der Waals surface area contributed by atoms with Gasteiger partial charge in [-0.2, -0.15) is 0 Å². The molecule has 0 aliphatic heterocycles. The molecule has 106 valence electrons. The molecule has 0 bridgehead atoms. The first-order chi connectivity index (χ1) is 9.51. The van der Waals surface area contributed by atoms with Crippen molar-refractivity contribution >= 4 is 17.1 Å². The van der Waals surface area contributed by atoms with Gasteiger partial charge in [-0.15, -0.1) is 10.2 Å². The maximum Gasteiger partial charge on any atom is 0.273 e. The topological polar surface area (TPSA) is 97.9 Å². The summed E-state index contributed by atoms with van der Waals surface area (Å²) >= 11 is 0. The van der Waals surface area contributed by atoms with E-state index in [0.717, 1.165) is 5.82 Å². The average molecular weight is 276 g/mol. The number of anilines is 2. The van der Waals surface area contributed by atoms with E-state index in [9.17, 15) is 10.1 Å². The van der Waals surface area contributed by atoms with Crippen LogP contribution in [-0.4, -0.2) is 26.7 Å². The van der Waals surface area contributed by atoms with Crippen LogP contribution in [0.4, 0.5) is 17.1 Å². The van der Waals surface area contributed by atoms with Gasteiger partial charge in [0.1, 0.15) is 6.33 Å². The smallest absolute Gasteiger partial charge is 0.273 e. The quantitative estimate of drug-likeness (QED) is 0.639. The van der Waals surface area contributed by atoms with E-state index >= 15 is 0 Å². The summed E-state index contributed by atoms with van der Waals surface area (Å²) in [6, 6.07) is 4.67. The Balaban J connectivity index is 2.26. The molecule has 0 saturated heterocycles. The molecule has 0 fully saturated rings. The Hall–Kier alpha value is -2.64. The highest BCUT2D eigenvalue weighted by atomic mass is 16.6. The lowest BCUT2D eigenvalue weighted by atomic mass is 10.2. The highest BCUT2D eigenvalue weighted by Gasteiger charge is 2.14. The van der Waals surface area contributed by atoms with Crippen LogP contribution >= 0.6 is 0 Å². The van der Waals surface area contributed by atoms with Gasteiger partial charge in [0, 0.05) is 37.6 Å². The molecule has 1 unspecified atom stereocenters. The number of aryl methyl sites for hydroxylation is 1. The number of hydrogen-bond donors (Lipinski definition) is 2. The molecule has 8 heteroatoms. The summed E-state index contributed by atoms with van der Waals surface area (Å²) in [5.74, 6) is 0.752. The third kappa shape index (κ3) is 2.85. The summed E-state index contributed by atoms with van der Waals surface area (Å²) < 4.78 is 1.80. The molecule has 1 aromatic heterocycles. The number of hydrogen-bond acceptors (Lipinski definition) is 6. The zero-order chi connectivity index (χ0) is 14.7. The first-order valence-corrected chi connectivity index (χ1v) is 6.09. The normalized spacial score (nSPS) is 11.9. The van der Waals surface area contributed by atoms with Crippen LogP contribution in [-0.2, 0) is 7.05 Å². The van der Waals surface area contributed by atoms with Gasteiger partial charge in [0.25, 0.3) is 5.69 Å². The summed E-state index contributed by atoms with van der Waals surface area (Å²) in [7, 11) is 3.56. The molecule has 0 radical (unpaired) electrons. The number of nitrogens with zero attached hydrogens (tertiary/aromatic N) is 4. The Morgan fingerprint density at radius 3 is 2.60 bits per heavy atom. The molecular weight excluding hydrogens is 260 g/mol. The van der Waals surface area contributed by atoms with Gasteiger partial charge in [-0.05, 0) is 13.0 Å². The molecule has 0 spiro atoms. The number of benzene rings is 1. The Labute approximate surface area is 116 Å². The highest BCUT2D eigenvalue weighted by Crippen LogP contribution is 2.26. The van der Waals surface area contributed by atoms with Crippen LogP contribution in [0.25, 0.3) is 0 Å². The van der Waals surface area contributed by atoms with E-state index < -0.39 is 4.92 Å². The molecule has 2 N–H and O–H groups in total. The minimum Gasteiger partial charge on any atom is -0.388 e. The van der Waals surface area contributed by atoms with Crippen LogP contribution in [0, 0.1) is 10.1 Å². The number of nitro benzene ring substituents is 1. The van der Waals surface area contributed by atoms with Crippen molar-refractivity contribution in [3.63, 3.8) is 0 Å². The molecule has 0 aliphatic rings. The van der Waals surface area contributed by atoms with Crippen molar-refractivity contribution in [3.05, 3.63) is 40.5 Å². The zero-order valence-electron chi connectivity index (χ0n) is 11.5. The molecule has 8 nitrogen and oxygen atoms in total. The minimum absolute atomic E-state index is 0.0320. The van der Waals surface area contributed by atoms with E-state index in [1.54, 1.807) is 24.0 Å². The predicted octanol–water partition coefficient (Wildman–Crippen LogP) is 1.94. The molecule has 20 heavy (non-hydrogen) atoms. The van der Waals surface area contributed by atoms with Crippen molar-refractivity contribution in [3.8, 4) is 0 Å². The van der Waals surface area contributed by atoms with E-state index in [2.05, 4.69) is 20.8 Å². The summed E-state index contributed by atoms with van der Waals surface area (Å²) in [6.45, 7) is 1.92. The van der Waals surface area contributed by atoms with Gasteiger partial charge in [0.05, 0.1) is 11.0 Å². The first-order valence-electron chi connectivity index (χ1n) is 6.09. The number of aromatic nitrogens is 3. The molecule has 0 amide bonds. The van der Waals surface area contributed by atoms with Gasteiger partial charge in [-0.1, -0.05) is 0 Å². The van der Waals surface area contributed by atoms with Crippen LogP contribution < -0.4 is 10.6 Å². The van der Waals surface area contributed by atoms with Gasteiger partial charge in [-0.25, -0.2) is 0 Å². The van der Waals surface area contributed by atoms with Crippen LogP contribution in [0.2, 0.25) is 0 Å². The first kappa shape index (κ1) is 13.8. The standard InChI is InChI=1S/C12H16N6O2/c1-8(12-16-14-7-17(12)3)15-10-4-9(13-2)5-11(6-10)18(19)20/h4-8,13,15H,1-3H3. The maximum absolute atomic E-state index is 10.9. The molecule has 0 aliphatic carbocycles. The second-order valence-corrected chi connectivity index (χ2v) is 4.44. The minimum atomic E-state index is -0.418. The van der Waals surface area contributed by atoms with Crippen molar-refractivity contribution in [2.75, 3.05) is 17.7 Å². The maximum atomic E-state index is 10.9. The molecule has 1 heterocycles. The van der Waals surface area contributed by atoms with Gasteiger partial charge in [0.2, 0.25) is 0 Å². The lowest BCUT2D eigenvalue weighted by Gasteiger charge is -2.15. The fraction of sp³-hybridized carbons (Fsp3) is 0.333. The molecule has 2 aromatic rings. The van der Waals surface area contributed by atoms with Gasteiger partial charge in [0.15, 0.2) is 5.82 Å². The summed E-state index contributed by atoms with van der Waals surface area (Å²) in [4.78, 5) is 10.5. The predicted molar refractivity (Wildman–Crippen MR) is 75.7 cm³/mol. The lowest BCUT2D eigenvalue weighted by molar-refractivity contribution is -0.384. The summed E-state index contributed by atoms with van der Waals surface area (Å²) in [6.07, 6.45) is 1.61. The number of nitrogens with one attached hydrogen (secondary N) is 2. The Bertz CT molecular complexity index is 624. The number of non-ortho nitro benzene ring substituents is 1. The Morgan fingerprint density at radius 1 is 1.35 bits per heavy atom. The van der Waals surface area contributed by atoms with Gasteiger partial charge >= 0.3 is 0 Å². The molecule has 1 aromatic carbocycles. The highest BCUT2D eigenvalue weighted by molar-refractivity contribution is 5.63. The third-order valence-electron chi connectivity index (χ3n) is 2.93. The molecule has 2 rings (SSSR count). The number of rotatable bonds is 5. The molecule has 0 saturated carbocycles. The monoisotopic (exact) mass is 276 g/mol. The lowest BCUT2D eigenvalue weighted by Crippen LogP contribution is -2.12. The van der Waals surface area contributed by atoms with Crippen molar-refractivity contribution in [1.82, 2.24) is 14.8 Å². The summed E-state index contributed by atoms with van der Waals surface area (Å²) in [5, 5.41) is 24.8. The molecular formula is C12H16N6O2. The largest absolute Gasteiger partial charge is 0.388 e. The summed E-state index contributed by atoms with van der Waals surface area (Å²) in [5.41, 5.74) is 1.36. The van der Waals surface area contributed by atoms with E-state index in [0.29, 0.717) is 11.4 Å². The second-order valence-electron chi connectivity index (χ2n) is 4.44. The van der Waals surface area contributed by atoms with Crippen molar-refractivity contribution in [2.45, 2.75) is 13.0 Å². The fourth-order valence-corrected chi connectivity index (χ4v) is 1.94. The van der Waals surface area contributed by atoms with Crippen molar-refractivity contribution in [1.29, 1.82) is 0 Å². The van der Waals surface area contributed by atoms with Gasteiger partial charge in [-0.3, -0.25) is 10.1 Å². The van der Waals surface area contributed by atoms with E-state index in [1.807, 2.05) is 14.0 Å². The van der Waals surface area contributed by atoms with Crippen LogP contribution in [0.1, 0.15) is 18.8 Å². The average Bonchev–Trinajstić information content (AvgIpc) is 2.84. The Morgan fingerprint density at radius 2 is 2.05 bits per heavy atom. The number of nitro groups is 1. The van der Waals surface area contributed by atoms with Gasteiger partial charge < -0.3 is 15.2 Å². The van der Waals surface area contributed by atoms with Crippen LogP contribution in [0.5, 0.6) is 0 Å². The molecule has 1 atom stereocenters. The second kappa shape index (κ2) is 5.55. The van der Waals surface area contributed by atoms with Crippen molar-refractivity contribution < 1.29 is 4.92 Å². The van der Waals surface area contributed by atoms with Crippen molar-refractivity contribution in [2.24, 2.45) is 7.05 Å². The van der Waals surface area contributed by atoms with Crippen LogP contribution in [0.15, 0.2) is 24.5 Å².